The highest BCUT2D eigenvalue weighted by atomic mass is 16.5. The summed E-state index contributed by atoms with van der Waals surface area (Å²) >= 11 is 0. The number of amides is 2. The number of anilines is 1. The zero-order valence-electron chi connectivity index (χ0n) is 17.8. The summed E-state index contributed by atoms with van der Waals surface area (Å²) < 4.78 is 5.61. The molecule has 0 saturated heterocycles. The fraction of sp³-hybridized carbons (Fsp3) is 0.391. The minimum absolute atomic E-state index is 0.124. The summed E-state index contributed by atoms with van der Waals surface area (Å²) in [6.07, 6.45) is 0.129. The predicted octanol–water partition coefficient (Wildman–Crippen LogP) is 3.73. The summed E-state index contributed by atoms with van der Waals surface area (Å²) in [7, 11) is 0. The van der Waals surface area contributed by atoms with Crippen LogP contribution in [0.2, 0.25) is 0 Å². The summed E-state index contributed by atoms with van der Waals surface area (Å²) in [5.41, 5.74) is 1.96. The lowest BCUT2D eigenvalue weighted by Gasteiger charge is -2.20. The molecule has 0 unspecified atom stereocenters. The van der Waals surface area contributed by atoms with Crippen LogP contribution in [-0.4, -0.2) is 30.0 Å². The largest absolute Gasteiger partial charge is 0.491 e. The van der Waals surface area contributed by atoms with Gasteiger partial charge in [0.1, 0.15) is 5.75 Å². The molecule has 0 aliphatic rings. The van der Waals surface area contributed by atoms with Crippen LogP contribution >= 0.6 is 0 Å². The van der Waals surface area contributed by atoms with E-state index in [0.717, 1.165) is 17.0 Å². The maximum Gasteiger partial charge on any atom is 0.251 e. The molecule has 29 heavy (non-hydrogen) atoms. The van der Waals surface area contributed by atoms with Crippen molar-refractivity contribution in [3.05, 3.63) is 59.7 Å². The highest BCUT2D eigenvalue weighted by Crippen LogP contribution is 2.14. The van der Waals surface area contributed by atoms with Gasteiger partial charge < -0.3 is 20.7 Å². The van der Waals surface area contributed by atoms with E-state index >= 15 is 0 Å². The van der Waals surface area contributed by atoms with Crippen molar-refractivity contribution in [2.75, 3.05) is 11.9 Å². The molecule has 2 amide bonds. The Morgan fingerprint density at radius 3 is 2.34 bits per heavy atom. The van der Waals surface area contributed by atoms with E-state index in [0.29, 0.717) is 12.1 Å². The van der Waals surface area contributed by atoms with Crippen LogP contribution in [0.3, 0.4) is 0 Å². The smallest absolute Gasteiger partial charge is 0.251 e. The Balaban J connectivity index is 1.82. The number of hydrogen-bond donors (Lipinski definition) is 3. The van der Waals surface area contributed by atoms with Crippen LogP contribution in [0.15, 0.2) is 48.5 Å². The minimum Gasteiger partial charge on any atom is -0.491 e. The highest BCUT2D eigenvalue weighted by molar-refractivity contribution is 5.95. The lowest BCUT2D eigenvalue weighted by molar-refractivity contribution is -0.119. The maximum atomic E-state index is 12.3. The molecule has 2 aromatic rings. The molecule has 0 aromatic heterocycles. The summed E-state index contributed by atoms with van der Waals surface area (Å²) in [5.74, 6) is 0.541. The molecule has 0 spiro atoms. The molecule has 0 aliphatic heterocycles. The van der Waals surface area contributed by atoms with E-state index in [4.69, 9.17) is 4.74 Å². The van der Waals surface area contributed by atoms with Gasteiger partial charge >= 0.3 is 0 Å². The number of carbonyl (C=O) groups is 2. The lowest BCUT2D eigenvalue weighted by atomic mass is 10.1. The quantitative estimate of drug-likeness (QED) is 0.634. The average molecular weight is 398 g/mol. The van der Waals surface area contributed by atoms with Crippen molar-refractivity contribution in [1.29, 1.82) is 0 Å². The normalized spacial score (nSPS) is 11.1. The van der Waals surface area contributed by atoms with Gasteiger partial charge in [-0.2, -0.15) is 0 Å². The monoisotopic (exact) mass is 397 g/mol. The third kappa shape index (κ3) is 8.25. The Bertz CT molecular complexity index is 824. The van der Waals surface area contributed by atoms with Gasteiger partial charge in [-0.3, -0.25) is 9.59 Å². The molecular weight excluding hydrogens is 366 g/mol. The van der Waals surface area contributed by atoms with Gasteiger partial charge in [-0.05, 0) is 70.5 Å². The van der Waals surface area contributed by atoms with Crippen LogP contribution in [0.4, 0.5) is 5.69 Å². The Kier molecular flexibility index (Phi) is 7.65. The first-order valence-corrected chi connectivity index (χ1v) is 9.81. The van der Waals surface area contributed by atoms with Crippen molar-refractivity contribution in [1.82, 2.24) is 10.6 Å². The number of hydrogen-bond acceptors (Lipinski definition) is 4. The van der Waals surface area contributed by atoms with Crippen LogP contribution in [-0.2, 0) is 11.3 Å². The summed E-state index contributed by atoms with van der Waals surface area (Å²) in [5, 5.41) is 8.86. The van der Waals surface area contributed by atoms with Crippen molar-refractivity contribution in [2.24, 2.45) is 0 Å². The molecule has 0 atom stereocenters. The molecule has 156 valence electrons. The van der Waals surface area contributed by atoms with Gasteiger partial charge in [0.25, 0.3) is 5.91 Å². The van der Waals surface area contributed by atoms with Gasteiger partial charge in [-0.1, -0.05) is 18.2 Å². The molecule has 2 rings (SSSR count). The van der Waals surface area contributed by atoms with E-state index in [2.05, 4.69) is 16.0 Å². The van der Waals surface area contributed by atoms with E-state index in [-0.39, 0.29) is 30.0 Å². The van der Waals surface area contributed by atoms with E-state index in [1.807, 2.05) is 65.0 Å². The second kappa shape index (κ2) is 9.96. The Labute approximate surface area is 173 Å². The first kappa shape index (κ1) is 22.3. The molecule has 0 aliphatic carbocycles. The van der Waals surface area contributed by atoms with Gasteiger partial charge in [0.15, 0.2) is 0 Å². The summed E-state index contributed by atoms with van der Waals surface area (Å²) in [4.78, 5) is 24.4. The van der Waals surface area contributed by atoms with Crippen molar-refractivity contribution in [3.63, 3.8) is 0 Å². The fourth-order valence-corrected chi connectivity index (χ4v) is 2.59. The number of carbonyl (C=O) groups excluding carboxylic acids is 2. The van der Waals surface area contributed by atoms with Crippen molar-refractivity contribution < 1.29 is 14.3 Å². The van der Waals surface area contributed by atoms with Crippen LogP contribution in [0.25, 0.3) is 0 Å². The second-order valence-corrected chi connectivity index (χ2v) is 8.23. The van der Waals surface area contributed by atoms with Crippen LogP contribution in [0.1, 0.15) is 50.5 Å². The van der Waals surface area contributed by atoms with Gasteiger partial charge in [0, 0.05) is 23.3 Å². The topological polar surface area (TPSA) is 79.5 Å². The molecule has 0 saturated carbocycles. The lowest BCUT2D eigenvalue weighted by Crippen LogP contribution is -2.40. The SMILES string of the molecule is CC(C)Oc1ccc(CNC(=O)CNc2cccc(C(=O)NC(C)(C)C)c2)cc1. The van der Waals surface area contributed by atoms with E-state index in [9.17, 15) is 9.59 Å². The molecular formula is C23H31N3O3. The number of nitrogens with one attached hydrogen (secondary N) is 3. The minimum atomic E-state index is -0.306. The fourth-order valence-electron chi connectivity index (χ4n) is 2.59. The molecule has 3 N–H and O–H groups in total. The number of ether oxygens (including phenoxy) is 1. The zero-order valence-corrected chi connectivity index (χ0v) is 17.8. The third-order valence-electron chi connectivity index (χ3n) is 3.85. The highest BCUT2D eigenvalue weighted by Gasteiger charge is 2.15. The molecule has 0 bridgehead atoms. The maximum absolute atomic E-state index is 12.3. The van der Waals surface area contributed by atoms with Crippen LogP contribution in [0, 0.1) is 0 Å². The molecule has 6 heteroatoms. The third-order valence-corrected chi connectivity index (χ3v) is 3.85. The van der Waals surface area contributed by atoms with Gasteiger partial charge in [-0.15, -0.1) is 0 Å². The molecule has 6 nitrogen and oxygen atoms in total. The van der Waals surface area contributed by atoms with Crippen LogP contribution in [0.5, 0.6) is 5.75 Å². The molecule has 0 heterocycles. The first-order valence-electron chi connectivity index (χ1n) is 9.81. The number of rotatable bonds is 8. The first-order chi connectivity index (χ1) is 13.6. The Morgan fingerprint density at radius 1 is 1.03 bits per heavy atom. The Hall–Kier alpha value is -3.02. The van der Waals surface area contributed by atoms with E-state index in [1.54, 1.807) is 18.2 Å². The average Bonchev–Trinajstić information content (AvgIpc) is 2.64. The molecule has 0 radical (unpaired) electrons. The predicted molar refractivity (Wildman–Crippen MR) is 116 cm³/mol. The number of benzene rings is 2. The molecule has 2 aromatic carbocycles. The zero-order chi connectivity index (χ0) is 21.4. The van der Waals surface area contributed by atoms with Gasteiger partial charge in [0.2, 0.25) is 5.91 Å². The van der Waals surface area contributed by atoms with Crippen LogP contribution < -0.4 is 20.7 Å². The Morgan fingerprint density at radius 2 is 1.72 bits per heavy atom. The molecule has 0 fully saturated rings. The summed E-state index contributed by atoms with van der Waals surface area (Å²) in [6, 6.07) is 14.8. The van der Waals surface area contributed by atoms with Crippen molar-refractivity contribution in [3.8, 4) is 5.75 Å². The standard InChI is InChI=1S/C23H31N3O3/c1-16(2)29-20-11-9-17(10-12-20)14-25-21(27)15-24-19-8-6-7-18(13-19)22(28)26-23(3,4)5/h6-13,16,24H,14-15H2,1-5H3,(H,25,27)(H,26,28). The van der Waals surface area contributed by atoms with E-state index in [1.165, 1.54) is 0 Å². The van der Waals surface area contributed by atoms with Gasteiger partial charge in [-0.25, -0.2) is 0 Å². The van der Waals surface area contributed by atoms with Crippen molar-refractivity contribution in [2.45, 2.75) is 52.8 Å². The second-order valence-electron chi connectivity index (χ2n) is 8.23. The van der Waals surface area contributed by atoms with Gasteiger partial charge in [0.05, 0.1) is 12.6 Å². The summed E-state index contributed by atoms with van der Waals surface area (Å²) in [6.45, 7) is 10.3. The van der Waals surface area contributed by atoms with Crippen molar-refractivity contribution >= 4 is 17.5 Å². The van der Waals surface area contributed by atoms with E-state index < -0.39 is 0 Å².